The quantitative estimate of drug-likeness (QED) is 0.424. The molecule has 0 unspecified atom stereocenters. The smallest absolute Gasteiger partial charge is 0.115 e. The molecule has 4 N–H and O–H groups in total. The number of hydrogen-bond acceptors (Lipinski definition) is 5. The molecule has 3 aromatic carbocycles. The Balaban J connectivity index is 1.70. The number of aliphatic hydroxyl groups is 1. The summed E-state index contributed by atoms with van der Waals surface area (Å²) in [5.74, 6) is 0.668. The first-order valence-electron chi connectivity index (χ1n) is 10.2. The van der Waals surface area contributed by atoms with Gasteiger partial charge in [0.15, 0.2) is 0 Å². The SMILES string of the molecule is C[C@H](CCc1ccc(O)cc1)N(Cc1ccc(O)cc1)C[C@H](O)c1ccc(O)cc1. The summed E-state index contributed by atoms with van der Waals surface area (Å²) >= 11 is 0. The van der Waals surface area contributed by atoms with Crippen molar-refractivity contribution in [1.29, 1.82) is 0 Å². The Bertz CT molecular complexity index is 907. The lowest BCUT2D eigenvalue weighted by molar-refractivity contribution is 0.0834. The second kappa shape index (κ2) is 10.1. The van der Waals surface area contributed by atoms with Crippen LogP contribution in [0.25, 0.3) is 0 Å². The largest absolute Gasteiger partial charge is 0.508 e. The van der Waals surface area contributed by atoms with Gasteiger partial charge in [0.2, 0.25) is 0 Å². The predicted molar refractivity (Wildman–Crippen MR) is 117 cm³/mol. The van der Waals surface area contributed by atoms with Crippen molar-refractivity contribution >= 4 is 0 Å². The summed E-state index contributed by atoms with van der Waals surface area (Å²) in [6, 6.07) is 21.2. The van der Waals surface area contributed by atoms with Crippen LogP contribution in [0.5, 0.6) is 17.2 Å². The zero-order chi connectivity index (χ0) is 21.5. The molecule has 0 amide bonds. The summed E-state index contributed by atoms with van der Waals surface area (Å²) in [4.78, 5) is 2.23. The lowest BCUT2D eigenvalue weighted by Gasteiger charge is -2.31. The van der Waals surface area contributed by atoms with Crippen LogP contribution in [0.4, 0.5) is 0 Å². The highest BCUT2D eigenvalue weighted by Gasteiger charge is 2.19. The van der Waals surface area contributed by atoms with E-state index < -0.39 is 6.10 Å². The highest BCUT2D eigenvalue weighted by molar-refractivity contribution is 5.28. The van der Waals surface area contributed by atoms with E-state index in [1.807, 2.05) is 24.3 Å². The minimum Gasteiger partial charge on any atom is -0.508 e. The van der Waals surface area contributed by atoms with E-state index in [1.165, 1.54) is 0 Å². The van der Waals surface area contributed by atoms with E-state index in [-0.39, 0.29) is 23.3 Å². The summed E-state index contributed by atoms with van der Waals surface area (Å²) in [5.41, 5.74) is 2.97. The number of aromatic hydroxyl groups is 3. The fourth-order valence-corrected chi connectivity index (χ4v) is 3.48. The van der Waals surface area contributed by atoms with Gasteiger partial charge < -0.3 is 20.4 Å². The van der Waals surface area contributed by atoms with Crippen molar-refractivity contribution in [2.75, 3.05) is 6.54 Å². The average molecular weight is 408 g/mol. The van der Waals surface area contributed by atoms with Crippen molar-refractivity contribution in [3.63, 3.8) is 0 Å². The van der Waals surface area contributed by atoms with Gasteiger partial charge in [-0.3, -0.25) is 4.90 Å². The van der Waals surface area contributed by atoms with Gasteiger partial charge in [0.05, 0.1) is 6.10 Å². The lowest BCUT2D eigenvalue weighted by Crippen LogP contribution is -2.36. The molecule has 5 nitrogen and oxygen atoms in total. The molecule has 0 aliphatic rings. The molecular formula is C25H29NO4. The molecule has 0 heterocycles. The van der Waals surface area contributed by atoms with Gasteiger partial charge in [0, 0.05) is 19.1 Å². The highest BCUT2D eigenvalue weighted by atomic mass is 16.3. The standard InChI is InChI=1S/C25H29NO4/c1-18(2-3-19-4-10-22(27)11-5-19)26(16-20-6-12-23(28)13-7-20)17-25(30)21-8-14-24(29)15-9-21/h4-15,18,25,27-30H,2-3,16-17H2,1H3/t18-,25+/m1/s1. The second-order valence-electron chi connectivity index (χ2n) is 7.76. The normalized spacial score (nSPS) is 13.3. The predicted octanol–water partition coefficient (Wildman–Crippen LogP) is 4.36. The minimum atomic E-state index is -0.682. The third-order valence-corrected chi connectivity index (χ3v) is 5.42. The van der Waals surface area contributed by atoms with E-state index in [4.69, 9.17) is 0 Å². The number of nitrogens with zero attached hydrogens (tertiary/aromatic N) is 1. The molecule has 0 saturated heterocycles. The molecular weight excluding hydrogens is 378 g/mol. The molecule has 0 radical (unpaired) electrons. The third-order valence-electron chi connectivity index (χ3n) is 5.42. The second-order valence-corrected chi connectivity index (χ2v) is 7.76. The van der Waals surface area contributed by atoms with Crippen LogP contribution in [0.1, 0.15) is 36.1 Å². The topological polar surface area (TPSA) is 84.2 Å². The first-order valence-corrected chi connectivity index (χ1v) is 10.2. The third kappa shape index (κ3) is 6.24. The van der Waals surface area contributed by atoms with Crippen molar-refractivity contribution < 1.29 is 20.4 Å². The van der Waals surface area contributed by atoms with E-state index in [2.05, 4.69) is 11.8 Å². The molecule has 0 aliphatic heterocycles. The van der Waals surface area contributed by atoms with E-state index in [0.29, 0.717) is 13.1 Å². The molecule has 0 aromatic heterocycles. The van der Waals surface area contributed by atoms with Gasteiger partial charge in [-0.05, 0) is 72.9 Å². The molecule has 0 spiro atoms. The maximum atomic E-state index is 10.8. The molecule has 0 fully saturated rings. The van der Waals surface area contributed by atoms with Crippen LogP contribution in [0.3, 0.4) is 0 Å². The number of hydrogen-bond donors (Lipinski definition) is 4. The molecule has 0 saturated carbocycles. The monoisotopic (exact) mass is 407 g/mol. The van der Waals surface area contributed by atoms with Gasteiger partial charge in [0.25, 0.3) is 0 Å². The maximum Gasteiger partial charge on any atom is 0.115 e. The Hall–Kier alpha value is -3.02. The highest BCUT2D eigenvalue weighted by Crippen LogP contribution is 2.22. The Morgan fingerprint density at radius 3 is 1.70 bits per heavy atom. The zero-order valence-corrected chi connectivity index (χ0v) is 17.1. The van der Waals surface area contributed by atoms with Gasteiger partial charge in [-0.2, -0.15) is 0 Å². The lowest BCUT2D eigenvalue weighted by atomic mass is 10.0. The van der Waals surface area contributed by atoms with Gasteiger partial charge in [0.1, 0.15) is 17.2 Å². The molecule has 3 aromatic rings. The number of aryl methyl sites for hydroxylation is 1. The van der Waals surface area contributed by atoms with Crippen LogP contribution >= 0.6 is 0 Å². The van der Waals surface area contributed by atoms with E-state index >= 15 is 0 Å². The first kappa shape index (κ1) is 21.7. The molecule has 30 heavy (non-hydrogen) atoms. The molecule has 158 valence electrons. The number of rotatable bonds is 9. The molecule has 0 aliphatic carbocycles. The molecule has 5 heteroatoms. The Morgan fingerprint density at radius 2 is 1.17 bits per heavy atom. The van der Waals surface area contributed by atoms with Crippen molar-refractivity contribution in [3.05, 3.63) is 89.5 Å². The van der Waals surface area contributed by atoms with Crippen LogP contribution in [0.2, 0.25) is 0 Å². The fraction of sp³-hybridized carbons (Fsp3) is 0.280. The van der Waals surface area contributed by atoms with Crippen molar-refractivity contribution in [2.45, 2.75) is 38.5 Å². The number of phenols is 3. The number of benzene rings is 3. The molecule has 2 atom stereocenters. The van der Waals surface area contributed by atoms with Crippen LogP contribution in [-0.2, 0) is 13.0 Å². The van der Waals surface area contributed by atoms with Crippen LogP contribution < -0.4 is 0 Å². The average Bonchev–Trinajstić information content (AvgIpc) is 2.74. The first-order chi connectivity index (χ1) is 14.4. The molecule has 3 rings (SSSR count). The summed E-state index contributed by atoms with van der Waals surface area (Å²) in [7, 11) is 0. The van der Waals surface area contributed by atoms with Crippen molar-refractivity contribution in [2.24, 2.45) is 0 Å². The molecule has 0 bridgehead atoms. The fourth-order valence-electron chi connectivity index (χ4n) is 3.48. The van der Waals surface area contributed by atoms with Gasteiger partial charge in [-0.1, -0.05) is 36.4 Å². The minimum absolute atomic E-state index is 0.175. The summed E-state index contributed by atoms with van der Waals surface area (Å²) < 4.78 is 0. The summed E-state index contributed by atoms with van der Waals surface area (Å²) in [5, 5.41) is 39.3. The van der Waals surface area contributed by atoms with Gasteiger partial charge >= 0.3 is 0 Å². The zero-order valence-electron chi connectivity index (χ0n) is 17.1. The van der Waals surface area contributed by atoms with Crippen LogP contribution in [0.15, 0.2) is 72.8 Å². The van der Waals surface area contributed by atoms with Crippen molar-refractivity contribution in [3.8, 4) is 17.2 Å². The van der Waals surface area contributed by atoms with E-state index in [1.54, 1.807) is 48.5 Å². The van der Waals surface area contributed by atoms with Crippen molar-refractivity contribution in [1.82, 2.24) is 4.90 Å². The van der Waals surface area contributed by atoms with E-state index in [9.17, 15) is 20.4 Å². The Labute approximate surface area is 177 Å². The Morgan fingerprint density at radius 1 is 0.700 bits per heavy atom. The maximum absolute atomic E-state index is 10.8. The van der Waals surface area contributed by atoms with Gasteiger partial charge in [-0.15, -0.1) is 0 Å². The number of phenolic OH excluding ortho intramolecular Hbond substituents is 3. The Kier molecular flexibility index (Phi) is 7.33. The van der Waals surface area contributed by atoms with Crippen LogP contribution in [-0.4, -0.2) is 37.9 Å². The summed E-state index contributed by atoms with van der Waals surface area (Å²) in [6.45, 7) is 3.24. The summed E-state index contributed by atoms with van der Waals surface area (Å²) in [6.07, 6.45) is 1.08. The van der Waals surface area contributed by atoms with Gasteiger partial charge in [-0.25, -0.2) is 0 Å². The number of aliphatic hydroxyl groups excluding tert-OH is 1. The van der Waals surface area contributed by atoms with Crippen LogP contribution in [0, 0.1) is 0 Å². The van der Waals surface area contributed by atoms with E-state index in [0.717, 1.165) is 29.5 Å².